The van der Waals surface area contributed by atoms with Gasteiger partial charge in [-0.25, -0.2) is 9.59 Å². The number of esters is 4. The van der Waals surface area contributed by atoms with Crippen molar-refractivity contribution < 1.29 is 67.1 Å². The van der Waals surface area contributed by atoms with E-state index in [9.17, 15) is 29.4 Å². The second-order valence-corrected chi connectivity index (χ2v) is 24.2. The van der Waals surface area contributed by atoms with Crippen LogP contribution in [0, 0.1) is 16.7 Å². The number of ether oxygens (including phenoxy) is 5. The lowest BCUT2D eigenvalue weighted by Gasteiger charge is -2.78. The molecule has 4 fully saturated rings. The van der Waals surface area contributed by atoms with E-state index in [2.05, 4.69) is 5.32 Å². The van der Waals surface area contributed by atoms with Crippen LogP contribution in [0.5, 0.6) is 0 Å². The molecule has 1 amide bonds. The van der Waals surface area contributed by atoms with Crippen LogP contribution in [-0.4, -0.2) is 108 Å². The Morgan fingerprint density at radius 3 is 1.93 bits per heavy atom. The fourth-order valence-corrected chi connectivity index (χ4v) is 15.1. The van der Waals surface area contributed by atoms with Gasteiger partial charge in [-0.1, -0.05) is 87.5 Å². The zero-order valence-electron chi connectivity index (χ0n) is 39.7. The number of carbonyl (C=O) groups excluding carboxylic acids is 6. The number of ketones is 1. The molecule has 1 aliphatic heterocycles. The van der Waals surface area contributed by atoms with Crippen LogP contribution in [0.2, 0.25) is 18.1 Å². The van der Waals surface area contributed by atoms with Crippen molar-refractivity contribution in [1.82, 2.24) is 5.32 Å². The first-order valence-corrected chi connectivity index (χ1v) is 26.0. The smallest absolute Gasteiger partial charge is 0.338 e. The Morgan fingerprint density at radius 1 is 0.824 bits per heavy atom. The number of benzene rings is 3. The highest BCUT2D eigenvalue weighted by molar-refractivity contribution is 6.73. The lowest BCUT2D eigenvalue weighted by atomic mass is 9.30. The molecular formula is C52H61NO14Si. The van der Waals surface area contributed by atoms with Crippen molar-refractivity contribution in [3.63, 3.8) is 0 Å². The number of rotatable bonds is 15. The summed E-state index contributed by atoms with van der Waals surface area (Å²) in [6, 6.07) is 26.3. The third kappa shape index (κ3) is 7.19. The molecule has 68 heavy (non-hydrogen) atoms. The second-order valence-electron chi connectivity index (χ2n) is 19.4. The maximum absolute atomic E-state index is 15.6. The number of carbonyl (C=O) groups is 6. The van der Waals surface area contributed by atoms with Crippen molar-refractivity contribution in [2.75, 3.05) is 6.61 Å². The largest absolute Gasteiger partial charge is 0.455 e. The van der Waals surface area contributed by atoms with E-state index < -0.39 is 120 Å². The number of fused-ring (bicyclic) bond motifs is 3. The van der Waals surface area contributed by atoms with Gasteiger partial charge in [0.25, 0.3) is 5.91 Å². The van der Waals surface area contributed by atoms with Gasteiger partial charge in [-0.05, 0) is 79.9 Å². The average Bonchev–Trinajstić information content (AvgIpc) is 3.33. The lowest BCUT2D eigenvalue weighted by Crippen LogP contribution is -2.90. The average molecular weight is 952 g/mol. The molecule has 3 N–H and O–H groups in total. The van der Waals surface area contributed by atoms with E-state index in [1.54, 1.807) is 86.6 Å². The predicted molar refractivity (Wildman–Crippen MR) is 247 cm³/mol. The summed E-state index contributed by atoms with van der Waals surface area (Å²) >= 11 is 0. The number of Topliss-reactive ketones (excluding diaryl/α,β-unsaturated/α-hetero) is 1. The van der Waals surface area contributed by atoms with Crippen LogP contribution in [0.15, 0.2) is 102 Å². The zero-order chi connectivity index (χ0) is 49.2. The monoisotopic (exact) mass is 951 g/mol. The summed E-state index contributed by atoms with van der Waals surface area (Å²) in [4.78, 5) is 85.9. The van der Waals surface area contributed by atoms with Gasteiger partial charge in [-0.3, -0.25) is 19.2 Å². The molecule has 3 aromatic carbocycles. The van der Waals surface area contributed by atoms with E-state index in [4.69, 9.17) is 28.1 Å². The van der Waals surface area contributed by atoms with E-state index >= 15 is 9.59 Å². The molecule has 3 saturated carbocycles. The lowest BCUT2D eigenvalue weighted by molar-refractivity contribution is -0.376. The predicted octanol–water partition coefficient (Wildman–Crippen LogP) is 6.13. The van der Waals surface area contributed by atoms with Crippen LogP contribution in [-0.2, 0) is 47.3 Å². The fourth-order valence-electron chi connectivity index (χ4n) is 12.4. The van der Waals surface area contributed by atoms with Gasteiger partial charge in [-0.15, -0.1) is 0 Å². The molecule has 16 heteroatoms. The summed E-state index contributed by atoms with van der Waals surface area (Å²) in [6.45, 7) is 12.7. The Hall–Kier alpha value is -5.52. The minimum Gasteiger partial charge on any atom is -0.455 e. The van der Waals surface area contributed by atoms with Gasteiger partial charge in [0, 0.05) is 32.3 Å². The Kier molecular flexibility index (Phi) is 12.8. The van der Waals surface area contributed by atoms with Crippen LogP contribution < -0.4 is 5.32 Å². The topological polar surface area (TPSA) is 210 Å². The minimum absolute atomic E-state index is 0.103. The number of hydrogen-bond donors (Lipinski definition) is 3. The third-order valence-electron chi connectivity index (χ3n) is 16.4. The van der Waals surface area contributed by atoms with Crippen LogP contribution in [0.25, 0.3) is 0 Å². The molecule has 0 radical (unpaired) electrons. The van der Waals surface area contributed by atoms with Gasteiger partial charge in [0.2, 0.25) is 0 Å². The second kappa shape index (κ2) is 17.8. The van der Waals surface area contributed by atoms with Crippen LogP contribution >= 0.6 is 0 Å². The Labute approximate surface area is 397 Å². The van der Waals surface area contributed by atoms with E-state index in [-0.39, 0.29) is 24.2 Å². The normalized spacial score (nSPS) is 33.1. The summed E-state index contributed by atoms with van der Waals surface area (Å²) in [5.74, 6) is -6.14. The van der Waals surface area contributed by atoms with Crippen LogP contribution in [0.3, 0.4) is 0 Å². The quantitative estimate of drug-likeness (QED) is 0.0678. The van der Waals surface area contributed by atoms with Crippen molar-refractivity contribution in [3.8, 4) is 0 Å². The standard InChI is InChI=1S/C52H61NO14Si/c1-9-68(10-2,11-3)67-41(39(33-21-15-12-16-22-33)53-45(58)34-23-17-13-18-24-34)47(60)66-52-28-51(61)44(64-46(59)35-25-19-14-20-26-35)42-48(7,36(56)27-37-50(42,29-62-37)65-32(6)55)43(57)40(63-31(5)54)38(30(52)4)49(51,52)8/h12-26,36-37,39-42,44,56,61H,9-11,27-29H2,1-8H3,(H,53,58)/t36-,37+,39?,40+,41+,42-,44-,48+,49?,50-,51+,52?/m0/s1. The maximum atomic E-state index is 15.6. The van der Waals surface area contributed by atoms with Gasteiger partial charge in [0.1, 0.15) is 23.4 Å². The highest BCUT2D eigenvalue weighted by Crippen LogP contribution is 2.78. The van der Waals surface area contributed by atoms with Gasteiger partial charge in [-0.2, -0.15) is 0 Å². The van der Waals surface area contributed by atoms with E-state index in [0.717, 1.165) is 6.92 Å². The Balaban J connectivity index is 1.31. The molecular weight excluding hydrogens is 891 g/mol. The third-order valence-corrected chi connectivity index (χ3v) is 21.0. The molecule has 1 heterocycles. The number of aliphatic hydroxyl groups excluding tert-OH is 1. The van der Waals surface area contributed by atoms with E-state index in [1.807, 2.05) is 26.8 Å². The molecule has 12 atom stereocenters. The van der Waals surface area contributed by atoms with Gasteiger partial charge in [0.05, 0.1) is 41.1 Å². The van der Waals surface area contributed by atoms with Crippen molar-refractivity contribution in [2.45, 2.75) is 140 Å². The van der Waals surface area contributed by atoms with Gasteiger partial charge < -0.3 is 43.6 Å². The SMILES string of the molecule is CC[Si](CC)(CC)O[C@@H](C(=O)OC12C[C@@]3(O)[C@@H](OC(=O)c4ccccc4)[C@@H]4[C@]5(OC(C)=O)CO[C@@H]5C[C@H](O)[C@@]4(C)C(=O)[C@H](OC(C)=O)C(=C1C)C23C)C(NC(=O)c1ccccc1)c1ccccc1. The molecule has 3 unspecified atom stereocenters. The number of aliphatic hydroxyl groups is 2. The highest BCUT2D eigenvalue weighted by Gasteiger charge is 2.90. The molecule has 3 aromatic rings. The van der Waals surface area contributed by atoms with Crippen LogP contribution in [0.1, 0.15) is 101 Å². The summed E-state index contributed by atoms with van der Waals surface area (Å²) in [5, 5.41) is 29.0. The molecule has 8 rings (SSSR count). The van der Waals surface area contributed by atoms with Crippen molar-refractivity contribution in [1.29, 1.82) is 0 Å². The van der Waals surface area contributed by atoms with Crippen molar-refractivity contribution in [3.05, 3.63) is 119 Å². The van der Waals surface area contributed by atoms with Gasteiger partial charge >= 0.3 is 23.9 Å². The van der Waals surface area contributed by atoms with Crippen molar-refractivity contribution in [2.24, 2.45) is 16.7 Å². The van der Waals surface area contributed by atoms with Gasteiger partial charge in [0.15, 0.2) is 31.9 Å². The summed E-state index contributed by atoms with van der Waals surface area (Å²) in [5.41, 5.74) is -8.21. The number of amides is 1. The summed E-state index contributed by atoms with van der Waals surface area (Å²) in [6.07, 6.45) is -8.08. The molecule has 362 valence electrons. The molecule has 0 aromatic heterocycles. The van der Waals surface area contributed by atoms with E-state index in [0.29, 0.717) is 34.8 Å². The molecule has 5 aliphatic rings. The number of hydrogen-bond acceptors (Lipinski definition) is 14. The molecule has 1 saturated heterocycles. The zero-order valence-corrected chi connectivity index (χ0v) is 40.7. The molecule has 4 aliphatic carbocycles. The van der Waals surface area contributed by atoms with E-state index in [1.165, 1.54) is 26.0 Å². The van der Waals surface area contributed by atoms with Crippen molar-refractivity contribution >= 4 is 43.9 Å². The number of nitrogens with one attached hydrogen (secondary N) is 1. The first-order chi connectivity index (χ1) is 32.2. The van der Waals surface area contributed by atoms with Crippen LogP contribution in [0.4, 0.5) is 0 Å². The molecule has 0 spiro atoms. The summed E-state index contributed by atoms with van der Waals surface area (Å²) < 4.78 is 38.4. The summed E-state index contributed by atoms with van der Waals surface area (Å²) in [7, 11) is -2.74. The Bertz CT molecular complexity index is 2510. The maximum Gasteiger partial charge on any atom is 0.338 e. The minimum atomic E-state index is -2.74. The first-order valence-electron chi connectivity index (χ1n) is 23.5. The fraction of sp³-hybridized carbons (Fsp3) is 0.500. The molecule has 0 bridgehead atoms. The first kappa shape index (κ1) is 48.9. The molecule has 15 nitrogen and oxygen atoms in total. The Morgan fingerprint density at radius 2 is 1.40 bits per heavy atom. The highest BCUT2D eigenvalue weighted by atomic mass is 28.4.